The molecule has 0 bridgehead atoms. The molecule has 86 valence electrons. The summed E-state index contributed by atoms with van der Waals surface area (Å²) in [6.45, 7) is 0.879. The molecule has 16 heavy (non-hydrogen) atoms. The summed E-state index contributed by atoms with van der Waals surface area (Å²) in [4.78, 5) is 10.2. The molecule has 1 atom stereocenters. The van der Waals surface area contributed by atoms with Gasteiger partial charge in [-0.2, -0.15) is 0 Å². The first-order valence-corrected chi connectivity index (χ1v) is 5.79. The van der Waals surface area contributed by atoms with Crippen LogP contribution in [0.4, 0.5) is 5.69 Å². The van der Waals surface area contributed by atoms with E-state index in [1.807, 2.05) is 0 Å². The van der Waals surface area contributed by atoms with Crippen LogP contribution in [0.3, 0.4) is 0 Å². The molecule has 1 saturated heterocycles. The van der Waals surface area contributed by atoms with E-state index >= 15 is 0 Å². The van der Waals surface area contributed by atoms with E-state index in [9.17, 15) is 15.2 Å². The molecule has 0 spiro atoms. The molecule has 6 heteroatoms. The quantitative estimate of drug-likeness (QED) is 0.647. The molecule has 0 unspecified atom stereocenters. The van der Waals surface area contributed by atoms with Crippen LogP contribution in [0.2, 0.25) is 0 Å². The maximum Gasteiger partial charge on any atom is 0.312 e. The molecular weight excluding hydrogens is 276 g/mol. The van der Waals surface area contributed by atoms with Gasteiger partial charge in [-0.15, -0.1) is 0 Å². The third kappa shape index (κ3) is 2.03. The van der Waals surface area contributed by atoms with Crippen LogP contribution in [0, 0.1) is 10.1 Å². The minimum atomic E-state index is -0.571. The zero-order valence-corrected chi connectivity index (χ0v) is 10.0. The standard InChI is InChI=1S/C10H11BrN2O3/c11-6-4-7(8-2-1-3-12-8)10(14)9(5-6)13(15)16/h4-5,8,12,14H,1-3H2/t8-/m0/s1. The number of nitrogens with zero attached hydrogens (tertiary/aromatic N) is 1. The lowest BCUT2D eigenvalue weighted by molar-refractivity contribution is -0.386. The van der Waals surface area contributed by atoms with Gasteiger partial charge >= 0.3 is 5.69 Å². The summed E-state index contributed by atoms with van der Waals surface area (Å²) < 4.78 is 0.612. The first-order valence-electron chi connectivity index (χ1n) is 5.00. The fraction of sp³-hybridized carbons (Fsp3) is 0.400. The number of phenolic OH excluding ortho intramolecular Hbond substituents is 1. The van der Waals surface area contributed by atoms with E-state index in [1.54, 1.807) is 6.07 Å². The first kappa shape index (κ1) is 11.3. The summed E-state index contributed by atoms with van der Waals surface area (Å²) in [5.41, 5.74) is 0.344. The molecule has 1 aromatic rings. The van der Waals surface area contributed by atoms with Gasteiger partial charge in [0.05, 0.1) is 4.92 Å². The van der Waals surface area contributed by atoms with Crippen molar-refractivity contribution in [3.63, 3.8) is 0 Å². The van der Waals surface area contributed by atoms with Gasteiger partial charge < -0.3 is 10.4 Å². The summed E-state index contributed by atoms with van der Waals surface area (Å²) in [6.07, 6.45) is 1.91. The third-order valence-electron chi connectivity index (χ3n) is 2.72. The zero-order chi connectivity index (χ0) is 11.7. The van der Waals surface area contributed by atoms with E-state index in [1.165, 1.54) is 6.07 Å². The molecule has 1 heterocycles. The Morgan fingerprint density at radius 2 is 2.31 bits per heavy atom. The molecule has 0 amide bonds. The summed E-state index contributed by atoms with van der Waals surface area (Å²) in [7, 11) is 0. The number of aromatic hydroxyl groups is 1. The Kier molecular flexibility index (Phi) is 3.11. The zero-order valence-electron chi connectivity index (χ0n) is 8.44. The smallest absolute Gasteiger partial charge is 0.312 e. The molecule has 5 nitrogen and oxygen atoms in total. The fourth-order valence-electron chi connectivity index (χ4n) is 1.96. The van der Waals surface area contributed by atoms with E-state index in [2.05, 4.69) is 21.2 Å². The average Bonchev–Trinajstić information content (AvgIpc) is 2.73. The van der Waals surface area contributed by atoms with Gasteiger partial charge in [0.1, 0.15) is 0 Å². The summed E-state index contributed by atoms with van der Waals surface area (Å²) in [6, 6.07) is 3.05. The highest BCUT2D eigenvalue weighted by Crippen LogP contribution is 2.39. The topological polar surface area (TPSA) is 75.4 Å². The highest BCUT2D eigenvalue weighted by Gasteiger charge is 2.25. The third-order valence-corrected chi connectivity index (χ3v) is 3.17. The second-order valence-electron chi connectivity index (χ2n) is 3.77. The highest BCUT2D eigenvalue weighted by molar-refractivity contribution is 9.10. The van der Waals surface area contributed by atoms with Crippen molar-refractivity contribution in [3.8, 4) is 5.75 Å². The predicted octanol–water partition coefficient (Wildman–Crippen LogP) is 2.49. The van der Waals surface area contributed by atoms with Gasteiger partial charge in [0, 0.05) is 22.1 Å². The van der Waals surface area contributed by atoms with Crippen LogP contribution in [-0.2, 0) is 0 Å². The number of halogens is 1. The lowest BCUT2D eigenvalue weighted by Crippen LogP contribution is -2.13. The van der Waals surface area contributed by atoms with Crippen molar-refractivity contribution in [2.45, 2.75) is 18.9 Å². The lowest BCUT2D eigenvalue weighted by atomic mass is 10.0. The van der Waals surface area contributed by atoms with E-state index < -0.39 is 4.92 Å². The molecule has 1 aliphatic heterocycles. The molecule has 2 N–H and O–H groups in total. The Hall–Kier alpha value is -1.14. The SMILES string of the molecule is O=[N+]([O-])c1cc(Br)cc([C@@H]2CCCN2)c1O. The van der Waals surface area contributed by atoms with Crippen molar-refractivity contribution in [3.05, 3.63) is 32.3 Å². The van der Waals surface area contributed by atoms with Gasteiger partial charge in [-0.3, -0.25) is 10.1 Å². The number of rotatable bonds is 2. The number of nitrogens with one attached hydrogen (secondary N) is 1. The highest BCUT2D eigenvalue weighted by atomic mass is 79.9. The van der Waals surface area contributed by atoms with E-state index in [0.29, 0.717) is 10.0 Å². The Bertz CT molecular complexity index is 430. The average molecular weight is 287 g/mol. The van der Waals surface area contributed by atoms with Crippen LogP contribution >= 0.6 is 15.9 Å². The lowest BCUT2D eigenvalue weighted by Gasteiger charge is -2.12. The van der Waals surface area contributed by atoms with Crippen molar-refractivity contribution < 1.29 is 10.0 Å². The van der Waals surface area contributed by atoms with Crippen LogP contribution in [0.1, 0.15) is 24.4 Å². The summed E-state index contributed by atoms with van der Waals surface area (Å²) >= 11 is 3.22. The molecule has 0 aliphatic carbocycles. The minimum Gasteiger partial charge on any atom is -0.502 e. The normalized spacial score (nSPS) is 19.9. The molecule has 2 rings (SSSR count). The molecule has 0 radical (unpaired) electrons. The Labute approximate surface area is 101 Å². The molecule has 0 saturated carbocycles. The van der Waals surface area contributed by atoms with Crippen molar-refractivity contribution in [2.24, 2.45) is 0 Å². The number of hydrogen-bond donors (Lipinski definition) is 2. The monoisotopic (exact) mass is 286 g/mol. The maximum absolute atomic E-state index is 10.7. The number of nitro groups is 1. The van der Waals surface area contributed by atoms with E-state index in [0.717, 1.165) is 19.4 Å². The van der Waals surface area contributed by atoms with Gasteiger partial charge in [-0.1, -0.05) is 15.9 Å². The largest absolute Gasteiger partial charge is 0.502 e. The summed E-state index contributed by atoms with van der Waals surface area (Å²) in [5.74, 6) is -0.229. The van der Waals surface area contributed by atoms with Crippen molar-refractivity contribution in [1.82, 2.24) is 5.32 Å². The molecule has 1 aromatic carbocycles. The van der Waals surface area contributed by atoms with Gasteiger partial charge in [0.15, 0.2) is 5.75 Å². The molecule has 1 fully saturated rings. The van der Waals surface area contributed by atoms with Gasteiger partial charge in [-0.25, -0.2) is 0 Å². The van der Waals surface area contributed by atoms with Gasteiger partial charge in [-0.05, 0) is 25.5 Å². The Morgan fingerprint density at radius 1 is 1.56 bits per heavy atom. The number of phenols is 1. The second kappa shape index (κ2) is 4.39. The second-order valence-corrected chi connectivity index (χ2v) is 4.68. The number of nitro benzene ring substituents is 1. The van der Waals surface area contributed by atoms with Crippen molar-refractivity contribution in [1.29, 1.82) is 0 Å². The van der Waals surface area contributed by atoms with Crippen LogP contribution < -0.4 is 5.32 Å². The van der Waals surface area contributed by atoms with Gasteiger partial charge in [0.2, 0.25) is 0 Å². The molecule has 1 aliphatic rings. The van der Waals surface area contributed by atoms with Crippen LogP contribution in [0.15, 0.2) is 16.6 Å². The predicted molar refractivity (Wildman–Crippen MR) is 62.4 cm³/mol. The van der Waals surface area contributed by atoms with E-state index in [-0.39, 0.29) is 17.5 Å². The number of hydrogen-bond acceptors (Lipinski definition) is 4. The van der Waals surface area contributed by atoms with E-state index in [4.69, 9.17) is 0 Å². The Balaban J connectivity index is 2.47. The van der Waals surface area contributed by atoms with Crippen molar-refractivity contribution >= 4 is 21.6 Å². The maximum atomic E-state index is 10.7. The van der Waals surface area contributed by atoms with Crippen LogP contribution in [0.25, 0.3) is 0 Å². The minimum absolute atomic E-state index is 0.0104. The van der Waals surface area contributed by atoms with Gasteiger partial charge in [0.25, 0.3) is 0 Å². The van der Waals surface area contributed by atoms with Crippen LogP contribution in [-0.4, -0.2) is 16.6 Å². The van der Waals surface area contributed by atoms with Crippen molar-refractivity contribution in [2.75, 3.05) is 6.54 Å². The molecule has 0 aromatic heterocycles. The summed E-state index contributed by atoms with van der Waals surface area (Å²) in [5, 5.41) is 23.8. The fourth-order valence-corrected chi connectivity index (χ4v) is 2.42. The van der Waals surface area contributed by atoms with Crippen LogP contribution in [0.5, 0.6) is 5.75 Å². The Morgan fingerprint density at radius 3 is 2.88 bits per heavy atom. The first-order chi connectivity index (χ1) is 7.59. The number of benzene rings is 1. The molecular formula is C10H11BrN2O3.